The van der Waals surface area contributed by atoms with Crippen molar-refractivity contribution in [1.82, 2.24) is 4.98 Å². The van der Waals surface area contributed by atoms with Gasteiger partial charge in [-0.25, -0.2) is 9.78 Å². The van der Waals surface area contributed by atoms with Crippen molar-refractivity contribution in [3.63, 3.8) is 0 Å². The number of aromatic nitrogens is 1. The van der Waals surface area contributed by atoms with Gasteiger partial charge in [0, 0.05) is 0 Å². The average molecular weight is 247 g/mol. The second-order valence-electron chi connectivity index (χ2n) is 2.52. The Labute approximate surface area is 94.9 Å². The SMILES string of the molecule is CCON=C(C(=O)OC)c1nc(N)sc1F. The molecular formula is C8H10FN3O3S. The summed E-state index contributed by atoms with van der Waals surface area (Å²) >= 11 is 0.615. The molecule has 0 amide bonds. The van der Waals surface area contributed by atoms with E-state index in [2.05, 4.69) is 19.7 Å². The minimum atomic E-state index is -0.836. The van der Waals surface area contributed by atoms with Crippen LogP contribution in [-0.2, 0) is 14.4 Å². The number of hydrogen-bond donors (Lipinski definition) is 1. The molecule has 1 rings (SSSR count). The molecule has 0 saturated carbocycles. The van der Waals surface area contributed by atoms with Gasteiger partial charge in [-0.1, -0.05) is 16.5 Å². The number of anilines is 1. The van der Waals surface area contributed by atoms with E-state index in [1.165, 1.54) is 0 Å². The van der Waals surface area contributed by atoms with E-state index in [0.717, 1.165) is 7.11 Å². The molecule has 0 aliphatic heterocycles. The molecule has 8 heteroatoms. The molecule has 0 atom stereocenters. The summed E-state index contributed by atoms with van der Waals surface area (Å²) in [6.07, 6.45) is 0. The first-order valence-corrected chi connectivity index (χ1v) is 5.12. The number of thiazole rings is 1. The molecule has 16 heavy (non-hydrogen) atoms. The molecule has 0 unspecified atom stereocenters. The van der Waals surface area contributed by atoms with Crippen LogP contribution in [0.3, 0.4) is 0 Å². The van der Waals surface area contributed by atoms with Crippen LogP contribution in [0, 0.1) is 5.13 Å². The summed E-state index contributed by atoms with van der Waals surface area (Å²) < 4.78 is 17.8. The fourth-order valence-corrected chi connectivity index (χ4v) is 1.43. The summed E-state index contributed by atoms with van der Waals surface area (Å²) in [6, 6.07) is 0. The number of carbonyl (C=O) groups is 1. The van der Waals surface area contributed by atoms with Crippen LogP contribution < -0.4 is 5.73 Å². The largest absolute Gasteiger partial charge is 0.464 e. The van der Waals surface area contributed by atoms with E-state index in [9.17, 15) is 9.18 Å². The van der Waals surface area contributed by atoms with E-state index in [0.29, 0.717) is 11.3 Å². The first kappa shape index (κ1) is 12.4. The van der Waals surface area contributed by atoms with Crippen LogP contribution in [0.5, 0.6) is 0 Å². The van der Waals surface area contributed by atoms with Crippen LogP contribution >= 0.6 is 11.3 Å². The topological polar surface area (TPSA) is 86.8 Å². The zero-order valence-electron chi connectivity index (χ0n) is 8.69. The van der Waals surface area contributed by atoms with Gasteiger partial charge in [0.1, 0.15) is 12.3 Å². The van der Waals surface area contributed by atoms with Gasteiger partial charge in [-0.3, -0.25) is 0 Å². The Hall–Kier alpha value is -1.70. The third-order valence-electron chi connectivity index (χ3n) is 1.49. The van der Waals surface area contributed by atoms with Crippen LogP contribution in [0.25, 0.3) is 0 Å². The molecular weight excluding hydrogens is 237 g/mol. The Bertz CT molecular complexity index is 419. The van der Waals surface area contributed by atoms with Crippen LogP contribution in [0.4, 0.5) is 9.52 Å². The smallest absolute Gasteiger partial charge is 0.362 e. The monoisotopic (exact) mass is 247 g/mol. The second kappa shape index (κ2) is 5.40. The number of halogens is 1. The van der Waals surface area contributed by atoms with E-state index < -0.39 is 11.1 Å². The van der Waals surface area contributed by atoms with Gasteiger partial charge in [0.25, 0.3) is 0 Å². The summed E-state index contributed by atoms with van der Waals surface area (Å²) in [6.45, 7) is 1.91. The van der Waals surface area contributed by atoms with Crippen molar-refractivity contribution < 1.29 is 18.8 Å². The lowest BCUT2D eigenvalue weighted by molar-refractivity contribution is -0.132. The molecule has 0 aliphatic rings. The van der Waals surface area contributed by atoms with Crippen molar-refractivity contribution in [2.45, 2.75) is 6.92 Å². The van der Waals surface area contributed by atoms with Crippen LogP contribution in [-0.4, -0.2) is 30.4 Å². The van der Waals surface area contributed by atoms with Gasteiger partial charge in [0.15, 0.2) is 5.13 Å². The molecule has 2 N–H and O–H groups in total. The Morgan fingerprint density at radius 3 is 2.81 bits per heavy atom. The van der Waals surface area contributed by atoms with Crippen molar-refractivity contribution in [2.75, 3.05) is 19.5 Å². The summed E-state index contributed by atoms with van der Waals surface area (Å²) in [5, 5.41) is 2.74. The van der Waals surface area contributed by atoms with Gasteiger partial charge < -0.3 is 15.3 Å². The highest BCUT2D eigenvalue weighted by atomic mass is 32.1. The normalized spacial score (nSPS) is 11.3. The number of nitrogens with two attached hydrogens (primary N) is 1. The minimum absolute atomic E-state index is 0.000557. The maximum atomic E-state index is 13.3. The quantitative estimate of drug-likeness (QED) is 0.482. The molecule has 1 aromatic heterocycles. The van der Waals surface area contributed by atoms with Gasteiger partial charge in [-0.15, -0.1) is 0 Å². The molecule has 0 saturated heterocycles. The van der Waals surface area contributed by atoms with Crippen LogP contribution in [0.15, 0.2) is 5.16 Å². The number of carbonyl (C=O) groups excluding carboxylic acids is 1. The first-order valence-electron chi connectivity index (χ1n) is 4.30. The second-order valence-corrected chi connectivity index (χ2v) is 3.50. The van der Waals surface area contributed by atoms with Gasteiger partial charge in [0.2, 0.25) is 10.8 Å². The Morgan fingerprint density at radius 2 is 2.38 bits per heavy atom. The number of oxime groups is 1. The number of hydrogen-bond acceptors (Lipinski definition) is 7. The lowest BCUT2D eigenvalue weighted by Crippen LogP contribution is -2.19. The zero-order valence-corrected chi connectivity index (χ0v) is 9.51. The fraction of sp³-hybridized carbons (Fsp3) is 0.375. The number of methoxy groups -OCH3 is 1. The van der Waals surface area contributed by atoms with Crippen molar-refractivity contribution in [3.8, 4) is 0 Å². The third kappa shape index (κ3) is 2.66. The standard InChI is InChI=1S/C8H10FN3O3S/c1-3-15-12-5(7(13)14-2)4-6(9)16-8(10)11-4/h3H2,1-2H3,(H2,10,11). The molecule has 88 valence electrons. The van der Waals surface area contributed by atoms with Crippen molar-refractivity contribution in [2.24, 2.45) is 5.16 Å². The molecule has 6 nitrogen and oxygen atoms in total. The molecule has 0 aromatic carbocycles. The summed E-state index contributed by atoms with van der Waals surface area (Å²) in [7, 11) is 1.15. The maximum absolute atomic E-state index is 13.3. The van der Waals surface area contributed by atoms with Gasteiger partial charge in [-0.2, -0.15) is 4.39 Å². The lowest BCUT2D eigenvalue weighted by Gasteiger charge is -2.00. The zero-order chi connectivity index (χ0) is 12.1. The van der Waals surface area contributed by atoms with E-state index in [1.54, 1.807) is 6.92 Å². The van der Waals surface area contributed by atoms with Gasteiger partial charge >= 0.3 is 5.97 Å². The Morgan fingerprint density at radius 1 is 1.69 bits per heavy atom. The molecule has 0 fully saturated rings. The Kier molecular flexibility index (Phi) is 4.18. The summed E-state index contributed by atoms with van der Waals surface area (Å²) in [5.41, 5.74) is 4.71. The summed E-state index contributed by atoms with van der Waals surface area (Å²) in [5.74, 6) is -0.836. The van der Waals surface area contributed by atoms with Crippen LogP contribution in [0.2, 0.25) is 0 Å². The van der Waals surface area contributed by atoms with E-state index in [4.69, 9.17) is 5.73 Å². The number of ether oxygens (including phenoxy) is 1. The third-order valence-corrected chi connectivity index (χ3v) is 2.16. The number of rotatable bonds is 4. The predicted octanol–water partition coefficient (Wildman–Crippen LogP) is 0.778. The number of esters is 1. The molecule has 0 aliphatic carbocycles. The van der Waals surface area contributed by atoms with Gasteiger partial charge in [0.05, 0.1) is 7.11 Å². The highest BCUT2D eigenvalue weighted by Gasteiger charge is 2.23. The average Bonchev–Trinajstić information content (AvgIpc) is 2.58. The predicted molar refractivity (Wildman–Crippen MR) is 56.7 cm³/mol. The lowest BCUT2D eigenvalue weighted by atomic mass is 10.3. The van der Waals surface area contributed by atoms with Crippen molar-refractivity contribution in [3.05, 3.63) is 10.8 Å². The molecule has 0 bridgehead atoms. The molecule has 1 aromatic rings. The number of nitrogens with zero attached hydrogens (tertiary/aromatic N) is 2. The summed E-state index contributed by atoms with van der Waals surface area (Å²) in [4.78, 5) is 19.6. The van der Waals surface area contributed by atoms with Crippen molar-refractivity contribution >= 4 is 28.1 Å². The van der Waals surface area contributed by atoms with Crippen LogP contribution in [0.1, 0.15) is 12.6 Å². The molecule has 0 spiro atoms. The van der Waals surface area contributed by atoms with Gasteiger partial charge in [-0.05, 0) is 6.92 Å². The Balaban J connectivity index is 3.10. The molecule has 0 radical (unpaired) electrons. The maximum Gasteiger partial charge on any atom is 0.362 e. The van der Waals surface area contributed by atoms with E-state index in [-0.39, 0.29) is 23.1 Å². The van der Waals surface area contributed by atoms with E-state index >= 15 is 0 Å². The fourth-order valence-electron chi connectivity index (χ4n) is 0.866. The highest BCUT2D eigenvalue weighted by Crippen LogP contribution is 2.19. The number of nitrogen functional groups attached to an aromatic ring is 1. The molecule has 1 heterocycles. The van der Waals surface area contributed by atoms with E-state index in [1.807, 2.05) is 0 Å². The van der Waals surface area contributed by atoms with Crippen molar-refractivity contribution in [1.29, 1.82) is 0 Å². The highest BCUT2D eigenvalue weighted by molar-refractivity contribution is 7.14. The first-order chi connectivity index (χ1) is 7.60. The minimum Gasteiger partial charge on any atom is -0.464 e.